The first-order chi connectivity index (χ1) is 24.8. The summed E-state index contributed by atoms with van der Waals surface area (Å²) in [5.74, 6) is 0. The molecule has 50 heavy (non-hydrogen) atoms. The van der Waals surface area contributed by atoms with E-state index in [1.165, 1.54) is 31.3 Å². The normalized spacial score (nSPS) is 12.0. The van der Waals surface area contributed by atoms with E-state index in [-0.39, 0.29) is 0 Å². The lowest BCUT2D eigenvalue weighted by Gasteiger charge is -2.27. The fourth-order valence-corrected chi connectivity index (χ4v) is 9.07. The summed E-state index contributed by atoms with van der Waals surface area (Å²) in [4.78, 5) is 2.38. The van der Waals surface area contributed by atoms with Crippen LogP contribution in [0.3, 0.4) is 0 Å². The lowest BCUT2D eigenvalue weighted by atomic mass is 10.0. The van der Waals surface area contributed by atoms with Crippen LogP contribution in [0.4, 0.5) is 17.1 Å². The molecular weight excluding hydrogens is 631 g/mol. The predicted molar refractivity (Wildman–Crippen MR) is 212 cm³/mol. The third-order valence-corrected chi connectivity index (χ3v) is 11.3. The van der Waals surface area contributed by atoms with Crippen molar-refractivity contribution in [3.05, 3.63) is 164 Å². The van der Waals surface area contributed by atoms with Gasteiger partial charge in [0.25, 0.3) is 0 Å². The minimum absolute atomic E-state index is 0.858. The molecule has 11 aromatic rings. The molecule has 0 N–H and O–H groups in total. The van der Waals surface area contributed by atoms with Crippen molar-refractivity contribution in [3.63, 3.8) is 0 Å². The smallest absolute Gasteiger partial charge is 0.143 e. The van der Waals surface area contributed by atoms with Crippen LogP contribution in [0.15, 0.2) is 173 Å². The Bertz CT molecular complexity index is 3110. The average molecular weight is 658 g/mol. The van der Waals surface area contributed by atoms with Crippen LogP contribution in [0, 0.1) is 0 Å². The molecule has 0 radical (unpaired) electrons. The van der Waals surface area contributed by atoms with Crippen LogP contribution in [-0.2, 0) is 0 Å². The van der Waals surface area contributed by atoms with E-state index >= 15 is 0 Å². The van der Waals surface area contributed by atoms with Gasteiger partial charge in [-0.05, 0) is 71.1 Å². The summed E-state index contributed by atoms with van der Waals surface area (Å²) in [6.07, 6.45) is 0. The molecule has 0 bridgehead atoms. The van der Waals surface area contributed by atoms with Crippen LogP contribution in [-0.4, -0.2) is 0 Å². The first-order valence-electron chi connectivity index (χ1n) is 16.8. The minimum Gasteiger partial charge on any atom is -0.456 e. The third kappa shape index (κ3) is 3.97. The summed E-state index contributed by atoms with van der Waals surface area (Å²) in [6, 6.07) is 58.2. The van der Waals surface area contributed by atoms with Crippen LogP contribution in [0.2, 0.25) is 0 Å². The second kappa shape index (κ2) is 10.6. The SMILES string of the molecule is c1ccc2c(c1)ccc1c2oc2cccc(N(c3ccc(-c4cccc5c4sc4ccccc45)cc3)c3cccc4oc5ccccc5c34)c21. The fourth-order valence-electron chi connectivity index (χ4n) is 7.84. The summed E-state index contributed by atoms with van der Waals surface area (Å²) in [5, 5.41) is 9.24. The number of furan rings is 2. The predicted octanol–water partition coefficient (Wildman–Crippen LogP) is 14.1. The Hall–Kier alpha value is -6.36. The van der Waals surface area contributed by atoms with E-state index in [1.54, 1.807) is 0 Å². The fraction of sp³-hybridized carbons (Fsp3) is 0. The number of para-hydroxylation sites is 1. The van der Waals surface area contributed by atoms with Crippen LogP contribution in [0.25, 0.3) is 85.9 Å². The first kappa shape index (κ1) is 27.6. The number of nitrogens with zero attached hydrogens (tertiary/aromatic N) is 1. The van der Waals surface area contributed by atoms with Crippen molar-refractivity contribution in [1.29, 1.82) is 0 Å². The summed E-state index contributed by atoms with van der Waals surface area (Å²) < 4.78 is 15.7. The molecule has 0 spiro atoms. The quantitative estimate of drug-likeness (QED) is 0.189. The van der Waals surface area contributed by atoms with Gasteiger partial charge in [-0.1, -0.05) is 109 Å². The zero-order valence-corrected chi connectivity index (χ0v) is 27.6. The zero-order chi connectivity index (χ0) is 32.8. The highest BCUT2D eigenvalue weighted by Gasteiger charge is 2.24. The number of hydrogen-bond acceptors (Lipinski definition) is 4. The van der Waals surface area contributed by atoms with Crippen molar-refractivity contribution >= 4 is 103 Å². The molecule has 0 atom stereocenters. The molecule has 0 aliphatic carbocycles. The van der Waals surface area contributed by atoms with Crippen LogP contribution >= 0.6 is 11.3 Å². The van der Waals surface area contributed by atoms with Gasteiger partial charge in [-0.3, -0.25) is 0 Å². The van der Waals surface area contributed by atoms with E-state index in [0.717, 1.165) is 71.7 Å². The Morgan fingerprint density at radius 1 is 0.420 bits per heavy atom. The Morgan fingerprint density at radius 2 is 1.06 bits per heavy atom. The first-order valence-corrected chi connectivity index (χ1v) is 17.7. The van der Waals surface area contributed by atoms with Crippen molar-refractivity contribution in [1.82, 2.24) is 0 Å². The molecule has 0 saturated carbocycles. The van der Waals surface area contributed by atoms with Gasteiger partial charge in [0.15, 0.2) is 0 Å². The minimum atomic E-state index is 0.858. The summed E-state index contributed by atoms with van der Waals surface area (Å²) in [6.45, 7) is 0. The summed E-state index contributed by atoms with van der Waals surface area (Å²) in [7, 11) is 0. The molecule has 0 aliphatic rings. The molecule has 3 aromatic heterocycles. The van der Waals surface area contributed by atoms with Crippen LogP contribution < -0.4 is 4.90 Å². The van der Waals surface area contributed by atoms with Gasteiger partial charge in [0.2, 0.25) is 0 Å². The Morgan fingerprint density at radius 3 is 1.90 bits per heavy atom. The van der Waals surface area contributed by atoms with Gasteiger partial charge in [-0.15, -0.1) is 11.3 Å². The molecule has 0 saturated heterocycles. The highest BCUT2D eigenvalue weighted by atomic mass is 32.1. The van der Waals surface area contributed by atoms with E-state index in [9.17, 15) is 0 Å². The number of fused-ring (bicyclic) bond motifs is 11. The van der Waals surface area contributed by atoms with Gasteiger partial charge in [0, 0.05) is 42.0 Å². The maximum atomic E-state index is 6.67. The Balaban J connectivity index is 1.17. The Labute approximate surface area is 290 Å². The highest BCUT2D eigenvalue weighted by molar-refractivity contribution is 7.26. The number of hydrogen-bond donors (Lipinski definition) is 0. The van der Waals surface area contributed by atoms with Crippen molar-refractivity contribution in [2.24, 2.45) is 0 Å². The molecule has 3 heterocycles. The molecule has 3 nitrogen and oxygen atoms in total. The number of rotatable bonds is 4. The van der Waals surface area contributed by atoms with E-state index in [0.29, 0.717) is 0 Å². The molecule has 8 aromatic carbocycles. The lowest BCUT2D eigenvalue weighted by molar-refractivity contribution is 0.669. The highest BCUT2D eigenvalue weighted by Crippen LogP contribution is 2.48. The largest absolute Gasteiger partial charge is 0.456 e. The molecule has 4 heteroatoms. The Kier molecular flexibility index (Phi) is 5.83. The molecule has 0 aliphatic heterocycles. The maximum absolute atomic E-state index is 6.67. The second-order valence-corrected chi connectivity index (χ2v) is 13.9. The molecule has 0 unspecified atom stereocenters. The summed E-state index contributed by atoms with van der Waals surface area (Å²) in [5.41, 5.74) is 9.09. The van der Waals surface area contributed by atoms with Crippen LogP contribution in [0.1, 0.15) is 0 Å². The van der Waals surface area contributed by atoms with E-state index in [4.69, 9.17) is 8.83 Å². The van der Waals surface area contributed by atoms with Gasteiger partial charge < -0.3 is 13.7 Å². The second-order valence-electron chi connectivity index (χ2n) is 12.8. The number of benzene rings is 8. The van der Waals surface area contributed by atoms with Crippen molar-refractivity contribution < 1.29 is 8.83 Å². The van der Waals surface area contributed by atoms with E-state index in [1.807, 2.05) is 23.5 Å². The molecular formula is C46H27NO2S. The van der Waals surface area contributed by atoms with Crippen molar-refractivity contribution in [3.8, 4) is 11.1 Å². The summed E-state index contributed by atoms with van der Waals surface area (Å²) >= 11 is 1.86. The number of anilines is 3. The van der Waals surface area contributed by atoms with Gasteiger partial charge >= 0.3 is 0 Å². The average Bonchev–Trinajstić information content (AvgIpc) is 3.87. The zero-order valence-electron chi connectivity index (χ0n) is 26.8. The standard InChI is InChI=1S/C46H27NO2S/c1-2-11-31-28(10-1)24-27-36-44-38(17-9-20-41(44)49-45(31)36)47(37-16-8-19-40-43(37)35-13-3-5-18-39(35)48-40)30-25-22-29(23-26-30)32-14-7-15-34-33-12-4-6-21-42(33)50-46(32)34/h1-27H. The van der Waals surface area contributed by atoms with E-state index < -0.39 is 0 Å². The monoisotopic (exact) mass is 657 g/mol. The van der Waals surface area contributed by atoms with Crippen LogP contribution in [0.5, 0.6) is 0 Å². The van der Waals surface area contributed by atoms with Crippen molar-refractivity contribution in [2.45, 2.75) is 0 Å². The van der Waals surface area contributed by atoms with Gasteiger partial charge in [0.1, 0.15) is 22.3 Å². The van der Waals surface area contributed by atoms with Crippen molar-refractivity contribution in [2.75, 3.05) is 4.90 Å². The molecule has 0 amide bonds. The third-order valence-electron chi connectivity index (χ3n) is 10.1. The van der Waals surface area contributed by atoms with Gasteiger partial charge in [-0.25, -0.2) is 0 Å². The maximum Gasteiger partial charge on any atom is 0.143 e. The molecule has 234 valence electrons. The molecule has 11 rings (SSSR count). The van der Waals surface area contributed by atoms with Gasteiger partial charge in [-0.2, -0.15) is 0 Å². The topological polar surface area (TPSA) is 29.5 Å². The number of thiophene rings is 1. The lowest BCUT2D eigenvalue weighted by Crippen LogP contribution is -2.10. The van der Waals surface area contributed by atoms with Gasteiger partial charge in [0.05, 0.1) is 22.1 Å². The van der Waals surface area contributed by atoms with E-state index in [2.05, 4.69) is 157 Å². The molecule has 0 fully saturated rings.